The highest BCUT2D eigenvalue weighted by atomic mass is 35.5. The van der Waals surface area contributed by atoms with Crippen LogP contribution in [0.15, 0.2) is 64.2 Å². The normalized spacial score (nSPS) is 16.0. The minimum Gasteiger partial charge on any atom is -0.312 e. The van der Waals surface area contributed by atoms with Gasteiger partial charge in [-0.25, -0.2) is 4.79 Å². The molecule has 5 rings (SSSR count). The van der Waals surface area contributed by atoms with Crippen LogP contribution in [0.5, 0.6) is 0 Å². The predicted molar refractivity (Wildman–Crippen MR) is 122 cm³/mol. The molecule has 2 aromatic heterocycles. The zero-order chi connectivity index (χ0) is 21.7. The Labute approximate surface area is 183 Å². The molecular formula is C23H22ClN5O2. The summed E-state index contributed by atoms with van der Waals surface area (Å²) in [6.45, 7) is 3.76. The third-order valence-electron chi connectivity index (χ3n) is 5.74. The van der Waals surface area contributed by atoms with Crippen LogP contribution in [-0.4, -0.2) is 25.2 Å². The molecule has 0 fully saturated rings. The second-order valence-corrected chi connectivity index (χ2v) is 8.55. The van der Waals surface area contributed by atoms with Crippen molar-refractivity contribution in [3.05, 3.63) is 86.0 Å². The lowest BCUT2D eigenvalue weighted by molar-refractivity contribution is 0.458. The molecule has 0 aliphatic carbocycles. The van der Waals surface area contributed by atoms with Gasteiger partial charge < -0.3 is 9.47 Å². The number of hydrogen-bond acceptors (Lipinski definition) is 4. The first kappa shape index (κ1) is 19.6. The first-order valence-corrected chi connectivity index (χ1v) is 10.6. The molecule has 0 saturated carbocycles. The van der Waals surface area contributed by atoms with E-state index in [9.17, 15) is 9.59 Å². The van der Waals surface area contributed by atoms with Crippen LogP contribution in [0.2, 0.25) is 5.02 Å². The molecule has 0 saturated heterocycles. The van der Waals surface area contributed by atoms with Crippen molar-refractivity contribution in [1.29, 1.82) is 0 Å². The molecule has 2 aromatic carbocycles. The second-order valence-electron chi connectivity index (χ2n) is 8.11. The molecule has 0 amide bonds. The van der Waals surface area contributed by atoms with Crippen molar-refractivity contribution >= 4 is 34.4 Å². The third kappa shape index (κ3) is 3.25. The van der Waals surface area contributed by atoms with Crippen LogP contribution in [-0.2, 0) is 20.1 Å². The highest BCUT2D eigenvalue weighted by Gasteiger charge is 2.29. The molecule has 1 aliphatic rings. The summed E-state index contributed by atoms with van der Waals surface area (Å²) in [6, 6.07) is 17.2. The van der Waals surface area contributed by atoms with E-state index in [4.69, 9.17) is 16.6 Å². The number of benzene rings is 2. The summed E-state index contributed by atoms with van der Waals surface area (Å²) in [5.41, 5.74) is 1.93. The van der Waals surface area contributed by atoms with Gasteiger partial charge in [0.2, 0.25) is 5.95 Å². The van der Waals surface area contributed by atoms with Crippen LogP contribution in [0.3, 0.4) is 0 Å². The van der Waals surface area contributed by atoms with E-state index in [-0.39, 0.29) is 12.1 Å². The third-order valence-corrected chi connectivity index (χ3v) is 5.97. The van der Waals surface area contributed by atoms with Gasteiger partial charge >= 0.3 is 5.69 Å². The molecule has 31 heavy (non-hydrogen) atoms. The predicted octanol–water partition coefficient (Wildman–Crippen LogP) is 3.39. The molecule has 0 bridgehead atoms. The molecule has 0 spiro atoms. The van der Waals surface area contributed by atoms with E-state index < -0.39 is 5.69 Å². The Kier molecular flexibility index (Phi) is 4.70. The average Bonchev–Trinajstić information content (AvgIpc) is 3.15. The number of para-hydroxylation sites is 1. The van der Waals surface area contributed by atoms with E-state index in [0.29, 0.717) is 34.6 Å². The molecule has 4 aromatic rings. The van der Waals surface area contributed by atoms with Crippen molar-refractivity contribution in [3.8, 4) is 0 Å². The topological polar surface area (TPSA) is 65.1 Å². The smallest absolute Gasteiger partial charge is 0.312 e. The number of fused-ring (bicyclic) bond motifs is 3. The van der Waals surface area contributed by atoms with Gasteiger partial charge in [0.1, 0.15) is 0 Å². The summed E-state index contributed by atoms with van der Waals surface area (Å²) in [6.07, 6.45) is 0. The molecule has 8 heteroatoms. The number of nitrogens with zero attached hydrogens (tertiary/aromatic N) is 5. The largest absolute Gasteiger partial charge is 0.332 e. The number of aryl methyl sites for hydroxylation is 1. The van der Waals surface area contributed by atoms with Crippen molar-refractivity contribution in [1.82, 2.24) is 18.7 Å². The standard InChI is InChI=1S/C23H22ClN5O2/c1-15-12-27(18-9-4-3-5-10-18)22-25-20-19(28(22)13-15)21(30)29(23(31)26(20)2)14-16-7-6-8-17(24)11-16/h3-11,15H,12-14H2,1-2H3. The Morgan fingerprint density at radius 3 is 2.58 bits per heavy atom. The number of hydrogen-bond donors (Lipinski definition) is 0. The number of aromatic nitrogens is 4. The lowest BCUT2D eigenvalue weighted by Gasteiger charge is -2.32. The van der Waals surface area contributed by atoms with Crippen LogP contribution in [0, 0.1) is 5.92 Å². The van der Waals surface area contributed by atoms with Crippen molar-refractivity contribution in [2.75, 3.05) is 11.4 Å². The molecule has 1 unspecified atom stereocenters. The molecule has 0 N–H and O–H groups in total. The highest BCUT2D eigenvalue weighted by Crippen LogP contribution is 2.32. The van der Waals surface area contributed by atoms with E-state index in [1.54, 1.807) is 19.2 Å². The van der Waals surface area contributed by atoms with Crippen LogP contribution in [0.25, 0.3) is 11.2 Å². The Morgan fingerprint density at radius 1 is 1.06 bits per heavy atom. The summed E-state index contributed by atoms with van der Waals surface area (Å²) >= 11 is 6.09. The number of halogens is 1. The summed E-state index contributed by atoms with van der Waals surface area (Å²) < 4.78 is 4.67. The summed E-state index contributed by atoms with van der Waals surface area (Å²) in [5, 5.41) is 0.567. The van der Waals surface area contributed by atoms with Crippen molar-refractivity contribution in [2.24, 2.45) is 13.0 Å². The zero-order valence-electron chi connectivity index (χ0n) is 17.3. The summed E-state index contributed by atoms with van der Waals surface area (Å²) in [4.78, 5) is 33.4. The van der Waals surface area contributed by atoms with Gasteiger partial charge in [-0.2, -0.15) is 4.98 Å². The minimum absolute atomic E-state index is 0.153. The summed E-state index contributed by atoms with van der Waals surface area (Å²) in [5.74, 6) is 0.995. The Balaban J connectivity index is 1.73. The van der Waals surface area contributed by atoms with E-state index >= 15 is 0 Å². The molecule has 7 nitrogen and oxygen atoms in total. The Bertz CT molecular complexity index is 1400. The number of anilines is 2. The van der Waals surface area contributed by atoms with Gasteiger partial charge in [-0.1, -0.05) is 48.9 Å². The van der Waals surface area contributed by atoms with Gasteiger partial charge in [0.15, 0.2) is 11.2 Å². The molecular weight excluding hydrogens is 414 g/mol. The average molecular weight is 436 g/mol. The molecule has 1 aliphatic heterocycles. The summed E-state index contributed by atoms with van der Waals surface area (Å²) in [7, 11) is 1.66. The number of rotatable bonds is 3. The van der Waals surface area contributed by atoms with Crippen LogP contribution >= 0.6 is 11.6 Å². The van der Waals surface area contributed by atoms with Gasteiger partial charge in [0, 0.05) is 30.8 Å². The first-order chi connectivity index (χ1) is 14.9. The van der Waals surface area contributed by atoms with Gasteiger partial charge in [0.25, 0.3) is 5.56 Å². The first-order valence-electron chi connectivity index (χ1n) is 10.2. The van der Waals surface area contributed by atoms with E-state index in [1.807, 2.05) is 47.0 Å². The maximum atomic E-state index is 13.5. The second kappa shape index (κ2) is 7.42. The lowest BCUT2D eigenvalue weighted by Crippen LogP contribution is -2.40. The fraction of sp³-hybridized carbons (Fsp3) is 0.261. The fourth-order valence-corrected chi connectivity index (χ4v) is 4.50. The monoisotopic (exact) mass is 435 g/mol. The van der Waals surface area contributed by atoms with Gasteiger partial charge in [-0.3, -0.25) is 13.9 Å². The molecule has 0 radical (unpaired) electrons. The lowest BCUT2D eigenvalue weighted by atomic mass is 10.1. The molecule has 158 valence electrons. The maximum absolute atomic E-state index is 13.5. The van der Waals surface area contributed by atoms with Crippen LogP contribution in [0.4, 0.5) is 11.6 Å². The number of imidazole rings is 1. The van der Waals surface area contributed by atoms with Gasteiger partial charge in [-0.15, -0.1) is 0 Å². The van der Waals surface area contributed by atoms with Crippen LogP contribution in [0.1, 0.15) is 12.5 Å². The minimum atomic E-state index is -0.396. The van der Waals surface area contributed by atoms with Crippen LogP contribution < -0.4 is 16.1 Å². The fourth-order valence-electron chi connectivity index (χ4n) is 4.29. The SMILES string of the molecule is CC1CN(c2ccccc2)c2nc3c(c(=O)n(Cc4cccc(Cl)c4)c(=O)n3C)n2C1. The van der Waals surface area contributed by atoms with E-state index in [2.05, 4.69) is 11.8 Å². The molecule has 1 atom stereocenters. The quantitative estimate of drug-likeness (QED) is 0.495. The highest BCUT2D eigenvalue weighted by molar-refractivity contribution is 6.30. The van der Waals surface area contributed by atoms with Crippen molar-refractivity contribution < 1.29 is 0 Å². The van der Waals surface area contributed by atoms with Gasteiger partial charge in [-0.05, 0) is 35.7 Å². The Morgan fingerprint density at radius 2 is 1.84 bits per heavy atom. The van der Waals surface area contributed by atoms with E-state index in [1.165, 1.54) is 9.13 Å². The van der Waals surface area contributed by atoms with E-state index in [0.717, 1.165) is 17.8 Å². The molecule has 3 heterocycles. The van der Waals surface area contributed by atoms with Crippen molar-refractivity contribution in [2.45, 2.75) is 20.0 Å². The van der Waals surface area contributed by atoms with Gasteiger partial charge in [0.05, 0.1) is 6.54 Å². The Hall–Kier alpha value is -3.32. The zero-order valence-corrected chi connectivity index (χ0v) is 18.1. The maximum Gasteiger partial charge on any atom is 0.332 e. The van der Waals surface area contributed by atoms with Crippen molar-refractivity contribution in [3.63, 3.8) is 0 Å².